The van der Waals surface area contributed by atoms with Gasteiger partial charge in [-0.05, 0) is 35.2 Å². The molecular weight excluding hydrogens is 380 g/mol. The van der Waals surface area contributed by atoms with Crippen molar-refractivity contribution in [3.63, 3.8) is 0 Å². The summed E-state index contributed by atoms with van der Waals surface area (Å²) in [5, 5.41) is 5.12. The van der Waals surface area contributed by atoms with Crippen molar-refractivity contribution in [3.05, 3.63) is 89.2 Å². The zero-order valence-electron chi connectivity index (χ0n) is 16.0. The number of nitrogens with zero attached hydrogens (tertiary/aromatic N) is 3. The Morgan fingerprint density at radius 2 is 1.83 bits per heavy atom. The molecule has 0 aliphatic carbocycles. The molecule has 0 radical (unpaired) electrons. The maximum atomic E-state index is 13.1. The van der Waals surface area contributed by atoms with E-state index in [1.165, 1.54) is 5.56 Å². The fourth-order valence-electron chi connectivity index (χ4n) is 3.70. The average molecular weight is 401 g/mol. The van der Waals surface area contributed by atoms with Crippen LogP contribution in [-0.2, 0) is 20.1 Å². The molecule has 6 heteroatoms. The van der Waals surface area contributed by atoms with Gasteiger partial charge in [-0.25, -0.2) is 4.98 Å². The Morgan fingerprint density at radius 1 is 1.03 bits per heavy atom. The number of amides is 1. The van der Waals surface area contributed by atoms with Crippen LogP contribution in [0, 0.1) is 0 Å². The first kappa shape index (κ1) is 17.7. The van der Waals surface area contributed by atoms with E-state index in [9.17, 15) is 4.79 Å². The van der Waals surface area contributed by atoms with Gasteiger partial charge >= 0.3 is 0 Å². The van der Waals surface area contributed by atoms with Crippen LogP contribution in [0.5, 0.6) is 0 Å². The van der Waals surface area contributed by atoms with Crippen LogP contribution < -0.4 is 5.32 Å². The standard InChI is InChI=1S/C23H20N4OS/c1-26-18-10-6-5-9-17(18)25-22(26)14-24-23(28)20-13-21-19(11-12-29-21)27(20)15-16-7-3-2-4-8-16/h2-13H,14-15H2,1H3,(H,24,28). The molecule has 5 aromatic rings. The van der Waals surface area contributed by atoms with Crippen LogP contribution in [0.2, 0.25) is 0 Å². The number of hydrogen-bond donors (Lipinski definition) is 1. The van der Waals surface area contributed by atoms with Crippen LogP contribution in [0.4, 0.5) is 0 Å². The molecule has 1 N–H and O–H groups in total. The molecule has 5 rings (SSSR count). The van der Waals surface area contributed by atoms with Crippen molar-refractivity contribution in [2.45, 2.75) is 13.1 Å². The predicted octanol–water partition coefficient (Wildman–Crippen LogP) is 4.57. The van der Waals surface area contributed by atoms with E-state index in [1.807, 2.05) is 60.1 Å². The first-order valence-corrected chi connectivity index (χ1v) is 10.4. The highest BCUT2D eigenvalue weighted by molar-refractivity contribution is 7.17. The summed E-state index contributed by atoms with van der Waals surface area (Å²) in [7, 11) is 1.98. The summed E-state index contributed by atoms with van der Waals surface area (Å²) in [5.74, 6) is 0.749. The summed E-state index contributed by atoms with van der Waals surface area (Å²) >= 11 is 1.65. The second-order valence-corrected chi connectivity index (χ2v) is 7.98. The van der Waals surface area contributed by atoms with Gasteiger partial charge in [0.05, 0.1) is 27.8 Å². The summed E-state index contributed by atoms with van der Waals surface area (Å²) in [6.07, 6.45) is 0. The molecular formula is C23H20N4OS. The van der Waals surface area contributed by atoms with Gasteiger partial charge in [0.15, 0.2) is 0 Å². The van der Waals surface area contributed by atoms with Crippen molar-refractivity contribution in [2.75, 3.05) is 0 Å². The fraction of sp³-hybridized carbons (Fsp3) is 0.130. The van der Waals surface area contributed by atoms with Gasteiger partial charge in [-0.15, -0.1) is 11.3 Å². The zero-order chi connectivity index (χ0) is 19.8. The van der Waals surface area contributed by atoms with Gasteiger partial charge in [-0.2, -0.15) is 0 Å². The third-order valence-corrected chi connectivity index (χ3v) is 6.08. The molecule has 0 bridgehead atoms. The first-order chi connectivity index (χ1) is 14.2. The van der Waals surface area contributed by atoms with Crippen molar-refractivity contribution < 1.29 is 4.79 Å². The molecule has 144 valence electrons. The van der Waals surface area contributed by atoms with Crippen LogP contribution >= 0.6 is 11.3 Å². The number of hydrogen-bond acceptors (Lipinski definition) is 3. The number of fused-ring (bicyclic) bond motifs is 2. The number of para-hydroxylation sites is 2. The summed E-state index contributed by atoms with van der Waals surface area (Å²) in [6, 6.07) is 22.3. The lowest BCUT2D eigenvalue weighted by atomic mass is 10.2. The number of aromatic nitrogens is 3. The van der Waals surface area contributed by atoms with Crippen LogP contribution in [-0.4, -0.2) is 20.0 Å². The lowest BCUT2D eigenvalue weighted by molar-refractivity contribution is 0.0941. The van der Waals surface area contributed by atoms with Crippen molar-refractivity contribution >= 4 is 38.5 Å². The molecule has 29 heavy (non-hydrogen) atoms. The van der Waals surface area contributed by atoms with E-state index >= 15 is 0 Å². The van der Waals surface area contributed by atoms with Gasteiger partial charge in [0.2, 0.25) is 0 Å². The van der Waals surface area contributed by atoms with E-state index in [4.69, 9.17) is 0 Å². The molecule has 1 amide bonds. The van der Waals surface area contributed by atoms with Gasteiger partial charge in [0.1, 0.15) is 11.5 Å². The Kier molecular flexibility index (Phi) is 4.41. The number of nitrogens with one attached hydrogen (secondary N) is 1. The number of aryl methyl sites for hydroxylation is 1. The average Bonchev–Trinajstić information content (AvgIpc) is 3.42. The molecule has 0 aliphatic rings. The minimum atomic E-state index is -0.0867. The third kappa shape index (κ3) is 3.21. The van der Waals surface area contributed by atoms with Gasteiger partial charge in [0.25, 0.3) is 5.91 Å². The van der Waals surface area contributed by atoms with Crippen LogP contribution in [0.3, 0.4) is 0 Å². The van der Waals surface area contributed by atoms with Gasteiger partial charge in [-0.1, -0.05) is 42.5 Å². The van der Waals surface area contributed by atoms with E-state index < -0.39 is 0 Å². The number of imidazole rings is 1. The maximum absolute atomic E-state index is 13.1. The van der Waals surface area contributed by atoms with E-state index in [-0.39, 0.29) is 5.91 Å². The molecule has 0 atom stereocenters. The topological polar surface area (TPSA) is 51.9 Å². The summed E-state index contributed by atoms with van der Waals surface area (Å²) in [4.78, 5) is 17.7. The second-order valence-electron chi connectivity index (χ2n) is 7.03. The number of carbonyl (C=O) groups is 1. The summed E-state index contributed by atoms with van der Waals surface area (Å²) in [6.45, 7) is 1.05. The minimum Gasteiger partial charge on any atom is -0.344 e. The molecule has 3 heterocycles. The number of thiophene rings is 1. The van der Waals surface area contributed by atoms with Crippen molar-refractivity contribution in [2.24, 2.45) is 7.05 Å². The number of rotatable bonds is 5. The molecule has 0 fully saturated rings. The Hall–Kier alpha value is -3.38. The fourth-order valence-corrected chi connectivity index (χ4v) is 4.53. The number of carbonyl (C=O) groups excluding carboxylic acids is 1. The molecule has 0 spiro atoms. The summed E-state index contributed by atoms with van der Waals surface area (Å²) < 4.78 is 5.23. The van der Waals surface area contributed by atoms with E-state index in [2.05, 4.69) is 38.4 Å². The molecule has 0 aliphatic heterocycles. The van der Waals surface area contributed by atoms with E-state index in [0.717, 1.165) is 27.1 Å². The van der Waals surface area contributed by atoms with Crippen molar-refractivity contribution in [1.82, 2.24) is 19.4 Å². The summed E-state index contributed by atoms with van der Waals surface area (Å²) in [5.41, 5.74) is 4.93. The van der Waals surface area contributed by atoms with Crippen LogP contribution in [0.25, 0.3) is 21.3 Å². The van der Waals surface area contributed by atoms with E-state index in [0.29, 0.717) is 18.8 Å². The lowest BCUT2D eigenvalue weighted by Gasteiger charge is -2.11. The third-order valence-electron chi connectivity index (χ3n) is 5.23. The Labute approximate surface area is 172 Å². The zero-order valence-corrected chi connectivity index (χ0v) is 16.8. The first-order valence-electron chi connectivity index (χ1n) is 9.50. The van der Waals surface area contributed by atoms with Crippen LogP contribution in [0.15, 0.2) is 72.1 Å². The van der Waals surface area contributed by atoms with Gasteiger partial charge < -0.3 is 14.5 Å². The molecule has 0 saturated heterocycles. The highest BCUT2D eigenvalue weighted by Gasteiger charge is 2.17. The minimum absolute atomic E-state index is 0.0867. The highest BCUT2D eigenvalue weighted by Crippen LogP contribution is 2.26. The Bertz CT molecular complexity index is 1310. The lowest BCUT2D eigenvalue weighted by Crippen LogP contribution is -2.26. The van der Waals surface area contributed by atoms with Gasteiger partial charge in [0, 0.05) is 13.6 Å². The van der Waals surface area contributed by atoms with Crippen molar-refractivity contribution in [1.29, 1.82) is 0 Å². The van der Waals surface area contributed by atoms with Gasteiger partial charge in [-0.3, -0.25) is 4.79 Å². The molecule has 2 aromatic carbocycles. The highest BCUT2D eigenvalue weighted by atomic mass is 32.1. The smallest absolute Gasteiger partial charge is 0.268 e. The van der Waals surface area contributed by atoms with Crippen molar-refractivity contribution in [3.8, 4) is 0 Å². The Balaban J connectivity index is 1.42. The second kappa shape index (κ2) is 7.22. The SMILES string of the molecule is Cn1c(CNC(=O)c2cc3sccc3n2Cc2ccccc2)nc2ccccc21. The largest absolute Gasteiger partial charge is 0.344 e. The normalized spacial score (nSPS) is 11.3. The molecule has 0 saturated carbocycles. The molecule has 3 aromatic heterocycles. The van der Waals surface area contributed by atoms with Crippen LogP contribution in [0.1, 0.15) is 21.9 Å². The Morgan fingerprint density at radius 3 is 2.66 bits per heavy atom. The molecule has 0 unspecified atom stereocenters. The maximum Gasteiger partial charge on any atom is 0.268 e. The monoisotopic (exact) mass is 400 g/mol. The number of benzene rings is 2. The predicted molar refractivity (Wildman–Crippen MR) is 117 cm³/mol. The van der Waals surface area contributed by atoms with E-state index in [1.54, 1.807) is 11.3 Å². The molecule has 5 nitrogen and oxygen atoms in total. The quantitative estimate of drug-likeness (QED) is 0.470.